The van der Waals surface area contributed by atoms with E-state index in [9.17, 15) is 4.79 Å². The molecule has 0 fully saturated rings. The van der Waals surface area contributed by atoms with E-state index in [1.54, 1.807) is 6.07 Å². The summed E-state index contributed by atoms with van der Waals surface area (Å²) in [6.45, 7) is 0. The van der Waals surface area contributed by atoms with Gasteiger partial charge in [0.2, 0.25) is 5.75 Å². The molecule has 28 heavy (non-hydrogen) atoms. The van der Waals surface area contributed by atoms with E-state index in [1.165, 1.54) is 32.7 Å². The number of carbonyl (C=O) groups excluding carboxylic acids is 1. The summed E-state index contributed by atoms with van der Waals surface area (Å²) in [5.41, 5.74) is 2.10. The van der Waals surface area contributed by atoms with E-state index in [0.29, 0.717) is 32.4 Å². The monoisotopic (exact) mass is 526 g/mol. The number of rotatable bonds is 6. The molecule has 0 spiro atoms. The van der Waals surface area contributed by atoms with Gasteiger partial charge in [-0.3, -0.25) is 10.1 Å². The van der Waals surface area contributed by atoms with Crippen LogP contribution in [-0.4, -0.2) is 32.2 Å². The minimum Gasteiger partial charge on any atom is -0.493 e. The number of thiazole rings is 1. The molecule has 0 saturated carbocycles. The molecule has 0 saturated heterocycles. The maximum Gasteiger partial charge on any atom is 0.258 e. The number of aromatic nitrogens is 1. The fourth-order valence-corrected chi connectivity index (χ4v) is 4.15. The van der Waals surface area contributed by atoms with Crippen LogP contribution in [0.4, 0.5) is 5.13 Å². The van der Waals surface area contributed by atoms with Gasteiger partial charge in [-0.05, 0) is 34.1 Å². The minimum absolute atomic E-state index is 0.342. The Kier molecular flexibility index (Phi) is 6.58. The van der Waals surface area contributed by atoms with E-state index in [2.05, 4.69) is 42.2 Å². The van der Waals surface area contributed by atoms with Gasteiger partial charge in [-0.15, -0.1) is 11.3 Å². The Morgan fingerprint density at radius 1 is 1.04 bits per heavy atom. The summed E-state index contributed by atoms with van der Waals surface area (Å²) >= 11 is 8.18. The number of anilines is 1. The summed E-state index contributed by atoms with van der Waals surface area (Å²) in [5, 5.41) is 5.20. The molecular weight excluding hydrogens is 512 g/mol. The predicted octanol–water partition coefficient (Wildman–Crippen LogP) is 5.61. The van der Waals surface area contributed by atoms with Crippen LogP contribution >= 0.6 is 43.2 Å². The number of ether oxygens (including phenoxy) is 3. The zero-order valence-corrected chi connectivity index (χ0v) is 19.2. The predicted molar refractivity (Wildman–Crippen MR) is 117 cm³/mol. The van der Waals surface area contributed by atoms with Gasteiger partial charge in [0.1, 0.15) is 0 Å². The number of benzene rings is 2. The van der Waals surface area contributed by atoms with Gasteiger partial charge >= 0.3 is 0 Å². The topological polar surface area (TPSA) is 69.7 Å². The number of hydrogen-bond acceptors (Lipinski definition) is 6. The number of methoxy groups -OCH3 is 3. The Bertz CT molecular complexity index is 1010. The van der Waals surface area contributed by atoms with Crippen LogP contribution in [0.15, 0.2) is 44.7 Å². The van der Waals surface area contributed by atoms with Crippen LogP contribution in [0.5, 0.6) is 17.2 Å². The molecule has 1 aromatic heterocycles. The van der Waals surface area contributed by atoms with Gasteiger partial charge in [-0.25, -0.2) is 4.98 Å². The van der Waals surface area contributed by atoms with Crippen LogP contribution in [0.1, 0.15) is 10.4 Å². The Morgan fingerprint density at radius 3 is 2.32 bits per heavy atom. The molecule has 0 aliphatic heterocycles. The number of nitrogens with zero attached hydrogens (tertiary/aromatic N) is 1. The third-order valence-electron chi connectivity index (χ3n) is 3.88. The highest BCUT2D eigenvalue weighted by atomic mass is 79.9. The Labute approximate surface area is 183 Å². The van der Waals surface area contributed by atoms with Crippen molar-refractivity contribution >= 4 is 54.2 Å². The molecular formula is C19H16Br2N2O4S. The first-order valence-corrected chi connectivity index (χ1v) is 10.5. The molecule has 0 aliphatic carbocycles. The van der Waals surface area contributed by atoms with Crippen molar-refractivity contribution in [3.8, 4) is 28.5 Å². The zero-order valence-electron chi connectivity index (χ0n) is 15.2. The second-order valence-corrected chi connectivity index (χ2v) is 8.07. The van der Waals surface area contributed by atoms with Crippen LogP contribution in [0.25, 0.3) is 11.3 Å². The third-order valence-corrected chi connectivity index (χ3v) is 5.95. The van der Waals surface area contributed by atoms with E-state index in [-0.39, 0.29) is 5.91 Å². The average Bonchev–Trinajstić information content (AvgIpc) is 3.16. The lowest BCUT2D eigenvalue weighted by molar-refractivity contribution is 0.102. The smallest absolute Gasteiger partial charge is 0.258 e. The lowest BCUT2D eigenvalue weighted by atomic mass is 10.1. The maximum absolute atomic E-state index is 12.8. The van der Waals surface area contributed by atoms with Crippen molar-refractivity contribution in [2.75, 3.05) is 26.6 Å². The Hall–Kier alpha value is -2.10. The molecule has 0 unspecified atom stereocenters. The van der Waals surface area contributed by atoms with Crippen molar-refractivity contribution in [3.63, 3.8) is 0 Å². The molecule has 0 atom stereocenters. The number of amides is 1. The van der Waals surface area contributed by atoms with Crippen molar-refractivity contribution in [1.82, 2.24) is 4.98 Å². The van der Waals surface area contributed by atoms with E-state index < -0.39 is 0 Å². The largest absolute Gasteiger partial charge is 0.493 e. The van der Waals surface area contributed by atoms with Crippen LogP contribution < -0.4 is 19.5 Å². The van der Waals surface area contributed by atoms with E-state index in [1.807, 2.05) is 29.6 Å². The third kappa shape index (κ3) is 4.16. The molecule has 0 aliphatic rings. The van der Waals surface area contributed by atoms with E-state index >= 15 is 0 Å². The summed E-state index contributed by atoms with van der Waals surface area (Å²) in [6, 6.07) is 9.39. The lowest BCUT2D eigenvalue weighted by Gasteiger charge is -2.16. The van der Waals surface area contributed by atoms with Gasteiger partial charge in [-0.1, -0.05) is 28.1 Å². The molecule has 2 aromatic carbocycles. The van der Waals surface area contributed by atoms with Gasteiger partial charge in [0.05, 0.1) is 37.1 Å². The highest BCUT2D eigenvalue weighted by molar-refractivity contribution is 9.10. The minimum atomic E-state index is -0.345. The normalized spacial score (nSPS) is 10.5. The fourth-order valence-electron chi connectivity index (χ4n) is 2.54. The Morgan fingerprint density at radius 2 is 1.71 bits per heavy atom. The van der Waals surface area contributed by atoms with Crippen molar-refractivity contribution < 1.29 is 19.0 Å². The molecule has 1 heterocycles. The molecule has 0 radical (unpaired) electrons. The number of hydrogen-bond donors (Lipinski definition) is 1. The van der Waals surface area contributed by atoms with Crippen molar-refractivity contribution in [1.29, 1.82) is 0 Å². The van der Waals surface area contributed by atoms with E-state index in [4.69, 9.17) is 14.2 Å². The van der Waals surface area contributed by atoms with Gasteiger partial charge in [0.15, 0.2) is 16.6 Å². The first kappa shape index (κ1) is 20.6. The second-order valence-electron chi connectivity index (χ2n) is 5.51. The average molecular weight is 528 g/mol. The molecule has 0 bridgehead atoms. The van der Waals surface area contributed by atoms with E-state index in [0.717, 1.165) is 15.7 Å². The molecule has 1 amide bonds. The fraction of sp³-hybridized carbons (Fsp3) is 0.158. The van der Waals surface area contributed by atoms with Crippen molar-refractivity contribution in [3.05, 3.63) is 50.2 Å². The van der Waals surface area contributed by atoms with Gasteiger partial charge in [0.25, 0.3) is 5.91 Å². The maximum atomic E-state index is 12.8. The summed E-state index contributed by atoms with van der Waals surface area (Å²) in [7, 11) is 4.50. The van der Waals surface area contributed by atoms with Gasteiger partial charge in [-0.2, -0.15) is 0 Å². The van der Waals surface area contributed by atoms with Gasteiger partial charge in [0, 0.05) is 15.4 Å². The molecule has 146 valence electrons. The molecule has 9 heteroatoms. The summed E-state index contributed by atoms with van der Waals surface area (Å²) in [5.74, 6) is 0.826. The van der Waals surface area contributed by atoms with Crippen LogP contribution in [-0.2, 0) is 0 Å². The number of carbonyl (C=O) groups is 1. The highest BCUT2D eigenvalue weighted by Crippen LogP contribution is 2.45. The molecule has 6 nitrogen and oxygen atoms in total. The molecule has 1 N–H and O–H groups in total. The van der Waals surface area contributed by atoms with Gasteiger partial charge < -0.3 is 14.2 Å². The lowest BCUT2D eigenvalue weighted by Crippen LogP contribution is -2.13. The van der Waals surface area contributed by atoms with Crippen molar-refractivity contribution in [2.45, 2.75) is 0 Å². The SMILES string of the molecule is COc1cc(C(=O)Nc2nc(-c3ccc(Br)cc3)cs2)c(Br)c(OC)c1OC. The van der Waals surface area contributed by atoms with Crippen LogP contribution in [0.2, 0.25) is 0 Å². The Balaban J connectivity index is 1.88. The summed E-state index contributed by atoms with van der Waals surface area (Å²) in [6.07, 6.45) is 0. The summed E-state index contributed by atoms with van der Waals surface area (Å²) in [4.78, 5) is 17.3. The summed E-state index contributed by atoms with van der Waals surface area (Å²) < 4.78 is 17.5. The standard InChI is InChI=1S/C19H16Br2N2O4S/c1-25-14-8-12(15(21)17(27-3)16(14)26-2)18(24)23-19-22-13(9-28-19)10-4-6-11(20)7-5-10/h4-9H,1-3H3,(H,22,23,24). The first-order chi connectivity index (χ1) is 13.5. The molecule has 3 rings (SSSR count). The zero-order chi connectivity index (χ0) is 20.3. The highest BCUT2D eigenvalue weighted by Gasteiger charge is 2.23. The first-order valence-electron chi connectivity index (χ1n) is 7.99. The number of nitrogens with one attached hydrogen (secondary N) is 1. The second kappa shape index (κ2) is 8.93. The molecule has 3 aromatic rings. The number of halogens is 2. The van der Waals surface area contributed by atoms with Crippen LogP contribution in [0, 0.1) is 0 Å². The van der Waals surface area contributed by atoms with Crippen molar-refractivity contribution in [2.24, 2.45) is 0 Å². The quantitative estimate of drug-likeness (QED) is 0.451. The van der Waals surface area contributed by atoms with Crippen LogP contribution in [0.3, 0.4) is 0 Å².